The molecule has 0 spiro atoms. The zero-order valence-electron chi connectivity index (χ0n) is 5.45. The first-order chi connectivity index (χ1) is 5.24. The van der Waals surface area contributed by atoms with Crippen LogP contribution in [-0.2, 0) is 21.6 Å². The molecule has 4 nitrogen and oxygen atoms in total. The van der Waals surface area contributed by atoms with E-state index in [9.17, 15) is 4.21 Å². The van der Waals surface area contributed by atoms with Crippen LogP contribution in [0.4, 0.5) is 5.82 Å². The van der Waals surface area contributed by atoms with Gasteiger partial charge in [0, 0.05) is 4.21 Å². The lowest BCUT2D eigenvalue weighted by Crippen LogP contribution is -1.98. The van der Waals surface area contributed by atoms with Gasteiger partial charge in [0.05, 0.1) is 6.20 Å². The normalized spacial score (nSPS) is 9.55. The van der Waals surface area contributed by atoms with Crippen LogP contribution in [0.15, 0.2) is 6.20 Å². The van der Waals surface area contributed by atoms with Gasteiger partial charge in [0.2, 0.25) is 0 Å². The van der Waals surface area contributed by atoms with E-state index in [4.69, 9.17) is 17.3 Å². The predicted octanol–water partition coefficient (Wildman–Crippen LogP) is 0.640. The summed E-state index contributed by atoms with van der Waals surface area (Å²) in [6.45, 7) is 0. The summed E-state index contributed by atoms with van der Waals surface area (Å²) in [5.41, 5.74) is 5.36. The molecule has 0 saturated heterocycles. The predicted molar refractivity (Wildman–Crippen MR) is 43.2 cm³/mol. The van der Waals surface area contributed by atoms with Crippen molar-refractivity contribution in [2.24, 2.45) is 0 Å². The highest BCUT2D eigenvalue weighted by atomic mass is 35.5. The first-order valence-electron chi connectivity index (χ1n) is 2.75. The van der Waals surface area contributed by atoms with E-state index in [2.05, 4.69) is 9.97 Å². The van der Waals surface area contributed by atoms with Crippen molar-refractivity contribution in [2.75, 3.05) is 5.73 Å². The minimum absolute atomic E-state index is 0.210. The Kier molecular flexibility index (Phi) is 2.67. The molecule has 11 heavy (non-hydrogen) atoms. The van der Waals surface area contributed by atoms with Gasteiger partial charge >= 0.3 is 11.7 Å². The Labute approximate surface area is 72.3 Å². The van der Waals surface area contributed by atoms with E-state index in [0.29, 0.717) is 22.5 Å². The van der Waals surface area contributed by atoms with E-state index in [1.807, 2.05) is 0 Å². The molecule has 1 rings (SSSR count). The van der Waals surface area contributed by atoms with E-state index in [1.54, 1.807) is 0 Å². The van der Waals surface area contributed by atoms with Gasteiger partial charge < -0.3 is 5.73 Å². The third-order valence-corrected chi connectivity index (χ3v) is 1.68. The summed E-state index contributed by atoms with van der Waals surface area (Å²) in [7, 11) is 0. The third-order valence-electron chi connectivity index (χ3n) is 1.01. The molecule has 2 N–H and O–H groups in total. The van der Waals surface area contributed by atoms with Crippen molar-refractivity contribution in [2.45, 2.75) is 5.75 Å². The first-order valence-corrected chi connectivity index (χ1v) is 4.04. The highest BCUT2D eigenvalue weighted by Gasteiger charge is 2.07. The summed E-state index contributed by atoms with van der Waals surface area (Å²) in [6.07, 6.45) is 1.38. The van der Waals surface area contributed by atoms with Crippen molar-refractivity contribution in [1.29, 1.82) is 0 Å². The fraction of sp³-hybridized carbons (Fsp3) is 0.200. The molecule has 58 valence electrons. The zero-order chi connectivity index (χ0) is 8.27. The highest BCUT2D eigenvalue weighted by molar-refractivity contribution is 7.64. The molecule has 1 aromatic rings. The van der Waals surface area contributed by atoms with Gasteiger partial charge in [0.25, 0.3) is 5.75 Å². The second-order valence-electron chi connectivity index (χ2n) is 1.78. The largest absolute Gasteiger partial charge is 0.467 e. The molecule has 0 radical (unpaired) electrons. The van der Waals surface area contributed by atoms with Crippen molar-refractivity contribution in [1.82, 2.24) is 9.97 Å². The highest BCUT2D eigenvalue weighted by Crippen LogP contribution is 2.13. The van der Waals surface area contributed by atoms with Crippen LogP contribution in [-0.4, -0.2) is 9.97 Å². The Bertz CT molecular complexity index is 280. The van der Waals surface area contributed by atoms with Crippen molar-refractivity contribution < 1.29 is 4.21 Å². The van der Waals surface area contributed by atoms with Crippen LogP contribution in [0, 0.1) is 0 Å². The van der Waals surface area contributed by atoms with Gasteiger partial charge in [-0.3, -0.25) is 0 Å². The Morgan fingerprint density at radius 1 is 1.73 bits per heavy atom. The lowest BCUT2D eigenvalue weighted by molar-refractivity contribution is 0.604. The Hall–Kier alpha value is -0.810. The van der Waals surface area contributed by atoms with Gasteiger partial charge in [0.1, 0.15) is 10.8 Å². The average Bonchev–Trinajstić information content (AvgIpc) is 1.98. The van der Waals surface area contributed by atoms with Crippen molar-refractivity contribution >= 4 is 29.1 Å². The van der Waals surface area contributed by atoms with Crippen LogP contribution in [0.3, 0.4) is 0 Å². The van der Waals surface area contributed by atoms with Gasteiger partial charge in [-0.25, -0.2) is 9.97 Å². The molecule has 0 amide bonds. The van der Waals surface area contributed by atoms with E-state index < -0.39 is 0 Å². The fourth-order valence-corrected chi connectivity index (χ4v) is 0.876. The Morgan fingerprint density at radius 3 is 3.00 bits per heavy atom. The molecule has 0 bridgehead atoms. The van der Waals surface area contributed by atoms with Crippen LogP contribution in [0.1, 0.15) is 5.82 Å². The van der Waals surface area contributed by atoms with Crippen LogP contribution in [0.25, 0.3) is 0 Å². The number of aromatic nitrogens is 2. The molecule has 1 aromatic heterocycles. The zero-order valence-corrected chi connectivity index (χ0v) is 7.02. The summed E-state index contributed by atoms with van der Waals surface area (Å²) in [6, 6.07) is 0. The molecular formula is C5H5ClN3OS+. The van der Waals surface area contributed by atoms with Gasteiger partial charge in [-0.15, -0.1) is 0 Å². The molecule has 0 aliphatic carbocycles. The Morgan fingerprint density at radius 2 is 2.45 bits per heavy atom. The second-order valence-corrected chi connectivity index (χ2v) is 2.71. The average molecular weight is 191 g/mol. The lowest BCUT2D eigenvalue weighted by atomic mass is 10.5. The summed E-state index contributed by atoms with van der Waals surface area (Å²) >= 11 is 5.94. The van der Waals surface area contributed by atoms with Gasteiger partial charge in [-0.1, -0.05) is 11.6 Å². The van der Waals surface area contributed by atoms with Gasteiger partial charge in [0.15, 0.2) is 5.82 Å². The van der Waals surface area contributed by atoms with E-state index in [-0.39, 0.29) is 11.6 Å². The first kappa shape index (κ1) is 8.29. The fourth-order valence-electron chi connectivity index (χ4n) is 0.541. The van der Waals surface area contributed by atoms with Gasteiger partial charge in [-0.2, -0.15) is 0 Å². The minimum atomic E-state index is 0.210. The van der Waals surface area contributed by atoms with Crippen LogP contribution in [0.2, 0.25) is 5.02 Å². The number of hydrogen-bond donors (Lipinski definition) is 1. The SMILES string of the molecule is Nc1nc(C[S+]=O)ncc1Cl. The van der Waals surface area contributed by atoms with E-state index in [0.717, 1.165) is 0 Å². The molecule has 0 unspecified atom stereocenters. The number of rotatable bonds is 2. The number of nitrogens with two attached hydrogens (primary N) is 1. The Balaban J connectivity index is 2.95. The van der Waals surface area contributed by atoms with E-state index >= 15 is 0 Å². The maximum Gasteiger partial charge on any atom is 0.467 e. The van der Waals surface area contributed by atoms with Crippen LogP contribution >= 0.6 is 11.6 Å². The number of nitrogen functional groups attached to an aromatic ring is 1. The molecule has 0 aromatic carbocycles. The molecule has 0 aliphatic rings. The van der Waals surface area contributed by atoms with Crippen molar-refractivity contribution in [3.63, 3.8) is 0 Å². The maximum absolute atomic E-state index is 10.1. The molecule has 0 atom stereocenters. The van der Waals surface area contributed by atoms with Crippen molar-refractivity contribution in [3.8, 4) is 0 Å². The summed E-state index contributed by atoms with van der Waals surface area (Å²) in [5, 5.41) is 0.310. The van der Waals surface area contributed by atoms with Gasteiger partial charge in [-0.05, 0) is 0 Å². The van der Waals surface area contributed by atoms with Crippen LogP contribution < -0.4 is 5.73 Å². The molecular weight excluding hydrogens is 186 g/mol. The van der Waals surface area contributed by atoms with Crippen LogP contribution in [0.5, 0.6) is 0 Å². The third kappa shape index (κ3) is 2.06. The topological polar surface area (TPSA) is 68.9 Å². The quantitative estimate of drug-likeness (QED) is 0.695. The smallest absolute Gasteiger partial charge is 0.382 e. The minimum Gasteiger partial charge on any atom is -0.382 e. The number of anilines is 1. The number of hydrogen-bond acceptors (Lipinski definition) is 4. The van der Waals surface area contributed by atoms with E-state index in [1.165, 1.54) is 6.20 Å². The molecule has 0 fully saturated rings. The summed E-state index contributed by atoms with van der Waals surface area (Å²) < 4.78 is 10.1. The standard InChI is InChI=1S/C5H5ClN3OS/c6-3-1-8-4(2-11-10)9-5(3)7/h1H,2H2,(H2,7,8,9)/q+1. The maximum atomic E-state index is 10.1. The second kappa shape index (κ2) is 3.54. The summed E-state index contributed by atoms with van der Waals surface area (Å²) in [5.74, 6) is 0.832. The molecule has 0 saturated carbocycles. The molecule has 0 aliphatic heterocycles. The lowest BCUT2D eigenvalue weighted by Gasteiger charge is -1.94. The monoisotopic (exact) mass is 190 g/mol. The summed E-state index contributed by atoms with van der Waals surface area (Å²) in [4.78, 5) is 7.56. The molecule has 6 heteroatoms. The molecule has 1 heterocycles. The van der Waals surface area contributed by atoms with Crippen molar-refractivity contribution in [3.05, 3.63) is 17.0 Å². The number of nitrogens with zero attached hydrogens (tertiary/aromatic N) is 2. The number of halogens is 1.